The topological polar surface area (TPSA) is 89.8 Å². The van der Waals surface area contributed by atoms with E-state index in [2.05, 4.69) is 36.4 Å². The maximum atomic E-state index is 12.4. The molecule has 0 saturated carbocycles. The average molecular weight is 534 g/mol. The molecule has 0 fully saturated rings. The number of hydrogen-bond acceptors (Lipinski definition) is 8. The molecule has 4 rings (SSSR count). The fourth-order valence-corrected chi connectivity index (χ4v) is 5.57. The summed E-state index contributed by atoms with van der Waals surface area (Å²) in [7, 11) is 1.83. The third-order valence-electron chi connectivity index (χ3n) is 4.15. The monoisotopic (exact) mass is 533 g/mol. The zero-order chi connectivity index (χ0) is 21.8. The highest BCUT2D eigenvalue weighted by Crippen LogP contribution is 2.31. The Bertz CT molecular complexity index is 1240. The number of fused-ring (bicyclic) bond motifs is 1. The molecule has 0 atom stereocenters. The number of hydrogen-bond donors (Lipinski definition) is 1. The van der Waals surface area contributed by atoms with Crippen LogP contribution in [0.25, 0.3) is 10.2 Å². The van der Waals surface area contributed by atoms with Gasteiger partial charge >= 0.3 is 0 Å². The summed E-state index contributed by atoms with van der Waals surface area (Å²) in [6.07, 6.45) is 1.60. The van der Waals surface area contributed by atoms with Gasteiger partial charge in [0, 0.05) is 22.8 Å². The van der Waals surface area contributed by atoms with Gasteiger partial charge in [0.2, 0.25) is 5.91 Å². The highest BCUT2D eigenvalue weighted by molar-refractivity contribution is 9.10. The molecule has 1 amide bonds. The van der Waals surface area contributed by atoms with Crippen molar-refractivity contribution in [1.82, 2.24) is 19.7 Å². The van der Waals surface area contributed by atoms with Crippen molar-refractivity contribution < 1.29 is 9.59 Å². The quantitative estimate of drug-likeness (QED) is 0.254. The van der Waals surface area contributed by atoms with E-state index in [1.54, 1.807) is 10.9 Å². The minimum atomic E-state index is -0.119. The number of Topliss-reactive ketones (excluding diaryl/α,β-unsaturated/α-hetero) is 1. The van der Waals surface area contributed by atoms with Gasteiger partial charge in [0.1, 0.15) is 6.33 Å². The Morgan fingerprint density at radius 2 is 1.94 bits per heavy atom. The van der Waals surface area contributed by atoms with E-state index in [4.69, 9.17) is 0 Å². The van der Waals surface area contributed by atoms with Gasteiger partial charge < -0.3 is 9.88 Å². The summed E-state index contributed by atoms with van der Waals surface area (Å²) in [5.41, 5.74) is 2.23. The summed E-state index contributed by atoms with van der Waals surface area (Å²) in [4.78, 5) is 29.2. The van der Waals surface area contributed by atoms with Crippen molar-refractivity contribution in [3.05, 3.63) is 58.8 Å². The van der Waals surface area contributed by atoms with Gasteiger partial charge in [-0.3, -0.25) is 9.59 Å². The molecule has 0 radical (unpaired) electrons. The first kappa shape index (κ1) is 22.0. The van der Waals surface area contributed by atoms with Crippen molar-refractivity contribution in [2.45, 2.75) is 9.50 Å². The molecule has 31 heavy (non-hydrogen) atoms. The van der Waals surface area contributed by atoms with Gasteiger partial charge in [-0.25, -0.2) is 4.98 Å². The number of halogens is 1. The van der Waals surface area contributed by atoms with Crippen LogP contribution >= 0.6 is 50.8 Å². The SMILES string of the molecule is Cn1cnnc1SCC(=O)Nc1ccc2nc(SCC(=O)c3ccc(Br)cc3)sc2c1. The number of ketones is 1. The zero-order valence-corrected chi connectivity index (χ0v) is 20.3. The van der Waals surface area contributed by atoms with Crippen LogP contribution in [0.1, 0.15) is 10.4 Å². The third kappa shape index (κ3) is 5.73. The lowest BCUT2D eigenvalue weighted by molar-refractivity contribution is -0.113. The second-order valence-electron chi connectivity index (χ2n) is 6.44. The average Bonchev–Trinajstić information content (AvgIpc) is 3.36. The molecule has 0 unspecified atom stereocenters. The van der Waals surface area contributed by atoms with E-state index < -0.39 is 0 Å². The van der Waals surface area contributed by atoms with Crippen molar-refractivity contribution >= 4 is 78.4 Å². The van der Waals surface area contributed by atoms with Crippen molar-refractivity contribution in [1.29, 1.82) is 0 Å². The number of nitrogens with one attached hydrogen (secondary N) is 1. The standard InChI is InChI=1S/C20H16BrN5O2S3/c1-26-11-22-25-19(26)29-10-18(28)23-14-6-7-15-17(8-14)31-20(24-15)30-9-16(27)12-2-4-13(21)5-3-12/h2-8,11H,9-10H2,1H3,(H,23,28). The van der Waals surface area contributed by atoms with E-state index in [0.717, 1.165) is 19.0 Å². The van der Waals surface area contributed by atoms with Crippen LogP contribution in [0.15, 0.2) is 62.8 Å². The molecule has 2 heterocycles. The molecule has 2 aromatic carbocycles. The van der Waals surface area contributed by atoms with Crippen LogP contribution in [0.4, 0.5) is 5.69 Å². The number of aryl methyl sites for hydroxylation is 1. The molecule has 158 valence electrons. The lowest BCUT2D eigenvalue weighted by Gasteiger charge is -2.04. The summed E-state index contributed by atoms with van der Waals surface area (Å²) in [6, 6.07) is 12.9. The number of carbonyl (C=O) groups excluding carboxylic acids is 2. The van der Waals surface area contributed by atoms with Crippen LogP contribution in [0.5, 0.6) is 0 Å². The summed E-state index contributed by atoms with van der Waals surface area (Å²) in [6.45, 7) is 0. The van der Waals surface area contributed by atoms with Gasteiger partial charge in [0.25, 0.3) is 0 Å². The maximum Gasteiger partial charge on any atom is 0.234 e. The zero-order valence-electron chi connectivity index (χ0n) is 16.2. The van der Waals surface area contributed by atoms with Crippen LogP contribution in [-0.4, -0.2) is 42.9 Å². The molecular formula is C20H16BrN5O2S3. The smallest absolute Gasteiger partial charge is 0.234 e. The minimum Gasteiger partial charge on any atom is -0.325 e. The maximum absolute atomic E-state index is 12.4. The summed E-state index contributed by atoms with van der Waals surface area (Å²) < 4.78 is 4.49. The Kier molecular flexibility index (Phi) is 7.06. The number of nitrogens with zero attached hydrogens (tertiary/aromatic N) is 4. The van der Waals surface area contributed by atoms with E-state index in [0.29, 0.717) is 22.2 Å². The molecule has 0 aliphatic rings. The second-order valence-corrected chi connectivity index (χ2v) is 10.6. The predicted octanol–water partition coefficient (Wildman–Crippen LogP) is 4.89. The Hall–Kier alpha value is -2.21. The molecule has 4 aromatic rings. The fraction of sp³-hybridized carbons (Fsp3) is 0.150. The Morgan fingerprint density at radius 1 is 1.13 bits per heavy atom. The lowest BCUT2D eigenvalue weighted by atomic mass is 10.2. The number of rotatable bonds is 8. The summed E-state index contributed by atoms with van der Waals surface area (Å²) >= 11 is 7.63. The largest absolute Gasteiger partial charge is 0.325 e. The molecule has 0 bridgehead atoms. The minimum absolute atomic E-state index is 0.0603. The molecule has 0 aliphatic heterocycles. The van der Waals surface area contributed by atoms with E-state index in [9.17, 15) is 9.59 Å². The highest BCUT2D eigenvalue weighted by atomic mass is 79.9. The summed E-state index contributed by atoms with van der Waals surface area (Å²) in [5, 5.41) is 11.3. The van der Waals surface area contributed by atoms with Crippen molar-refractivity contribution in [2.24, 2.45) is 7.05 Å². The molecular weight excluding hydrogens is 518 g/mol. The van der Waals surface area contributed by atoms with Crippen LogP contribution in [0, 0.1) is 0 Å². The third-order valence-corrected chi connectivity index (χ3v) is 7.87. The van der Waals surface area contributed by atoms with Gasteiger partial charge in [-0.05, 0) is 30.3 Å². The molecule has 0 aliphatic carbocycles. The van der Waals surface area contributed by atoms with Crippen molar-refractivity contribution in [3.8, 4) is 0 Å². The Morgan fingerprint density at radius 3 is 2.68 bits per heavy atom. The molecule has 2 aromatic heterocycles. The van der Waals surface area contributed by atoms with Gasteiger partial charge in [0.05, 0.1) is 21.7 Å². The molecule has 0 saturated heterocycles. The van der Waals surface area contributed by atoms with Gasteiger partial charge in [-0.15, -0.1) is 21.5 Å². The van der Waals surface area contributed by atoms with E-state index >= 15 is 0 Å². The number of carbonyl (C=O) groups is 2. The normalized spacial score (nSPS) is 11.0. The van der Waals surface area contributed by atoms with E-state index in [-0.39, 0.29) is 17.4 Å². The van der Waals surface area contributed by atoms with Gasteiger partial charge in [-0.1, -0.05) is 51.6 Å². The van der Waals surface area contributed by atoms with Crippen LogP contribution in [0.3, 0.4) is 0 Å². The summed E-state index contributed by atoms with van der Waals surface area (Å²) in [5.74, 6) is 0.508. The fourth-order valence-electron chi connectivity index (χ4n) is 2.62. The van der Waals surface area contributed by atoms with Crippen molar-refractivity contribution in [3.63, 3.8) is 0 Å². The number of thiazole rings is 1. The predicted molar refractivity (Wildman–Crippen MR) is 129 cm³/mol. The highest BCUT2D eigenvalue weighted by Gasteiger charge is 2.12. The lowest BCUT2D eigenvalue weighted by Crippen LogP contribution is -2.14. The molecule has 7 nitrogen and oxygen atoms in total. The number of aromatic nitrogens is 4. The van der Waals surface area contributed by atoms with Crippen LogP contribution in [-0.2, 0) is 11.8 Å². The van der Waals surface area contributed by atoms with E-state index in [1.807, 2.05) is 49.5 Å². The Labute approximate surface area is 199 Å². The van der Waals surface area contributed by atoms with Gasteiger partial charge in [-0.2, -0.15) is 0 Å². The van der Waals surface area contributed by atoms with Crippen molar-refractivity contribution in [2.75, 3.05) is 16.8 Å². The first-order valence-electron chi connectivity index (χ1n) is 9.07. The van der Waals surface area contributed by atoms with Gasteiger partial charge in [0.15, 0.2) is 15.3 Å². The molecule has 1 N–H and O–H groups in total. The Balaban J connectivity index is 1.35. The number of benzene rings is 2. The number of anilines is 1. The molecule has 0 spiro atoms. The first-order valence-corrected chi connectivity index (χ1v) is 12.6. The first-order chi connectivity index (χ1) is 15.0. The van der Waals surface area contributed by atoms with Crippen LogP contribution in [0.2, 0.25) is 0 Å². The number of amides is 1. The second kappa shape index (κ2) is 9.94. The number of thioether (sulfide) groups is 2. The van der Waals surface area contributed by atoms with E-state index in [1.165, 1.54) is 34.9 Å². The van der Waals surface area contributed by atoms with Crippen LogP contribution < -0.4 is 5.32 Å². The molecule has 11 heteroatoms.